The maximum Gasteiger partial charge on any atom is 0.412 e. The van der Waals surface area contributed by atoms with E-state index in [0.717, 1.165) is 11.1 Å². The molecule has 1 unspecified atom stereocenters. The fourth-order valence-electron chi connectivity index (χ4n) is 3.83. The van der Waals surface area contributed by atoms with Gasteiger partial charge in [0.2, 0.25) is 5.91 Å². The van der Waals surface area contributed by atoms with Crippen LogP contribution in [0, 0.1) is 0 Å². The monoisotopic (exact) mass is 385 g/mol. The van der Waals surface area contributed by atoms with E-state index in [-0.39, 0.29) is 12.5 Å². The van der Waals surface area contributed by atoms with Crippen LogP contribution in [0.1, 0.15) is 17.5 Å². The average Bonchev–Trinajstić information content (AvgIpc) is 3.07. The van der Waals surface area contributed by atoms with E-state index >= 15 is 0 Å². The topological polar surface area (TPSA) is 84.7 Å². The van der Waals surface area contributed by atoms with Gasteiger partial charge in [0.05, 0.1) is 18.3 Å². The summed E-state index contributed by atoms with van der Waals surface area (Å²) in [4.78, 5) is 26.6. The Morgan fingerprint density at radius 1 is 1.30 bits per heavy atom. The van der Waals surface area contributed by atoms with Gasteiger partial charge in [0, 0.05) is 23.6 Å². The van der Waals surface area contributed by atoms with Crippen molar-refractivity contribution in [3.8, 4) is 0 Å². The SMILES string of the molecule is N[C@@H](Cc1ccccc1)C(=O)N1CCC2(C1)OC(=O)Nc1ccc(Cl)cc12. The van der Waals surface area contributed by atoms with Gasteiger partial charge in [0.15, 0.2) is 5.60 Å². The molecule has 0 bridgehead atoms. The van der Waals surface area contributed by atoms with E-state index < -0.39 is 17.7 Å². The van der Waals surface area contributed by atoms with E-state index in [1.54, 1.807) is 23.1 Å². The summed E-state index contributed by atoms with van der Waals surface area (Å²) >= 11 is 6.15. The second-order valence-electron chi connectivity index (χ2n) is 7.00. The van der Waals surface area contributed by atoms with Gasteiger partial charge in [-0.1, -0.05) is 41.9 Å². The summed E-state index contributed by atoms with van der Waals surface area (Å²) < 4.78 is 5.65. The Morgan fingerprint density at radius 2 is 2.07 bits per heavy atom. The Balaban J connectivity index is 1.54. The summed E-state index contributed by atoms with van der Waals surface area (Å²) in [5.74, 6) is -0.145. The Labute approximate surface area is 162 Å². The minimum atomic E-state index is -0.884. The lowest BCUT2D eigenvalue weighted by Gasteiger charge is -2.35. The van der Waals surface area contributed by atoms with Crippen LogP contribution < -0.4 is 11.1 Å². The molecule has 6 nitrogen and oxygen atoms in total. The van der Waals surface area contributed by atoms with Gasteiger partial charge in [0.25, 0.3) is 0 Å². The molecule has 7 heteroatoms. The molecule has 27 heavy (non-hydrogen) atoms. The quantitative estimate of drug-likeness (QED) is 0.850. The molecule has 2 aliphatic heterocycles. The predicted octanol–water partition coefficient (Wildman–Crippen LogP) is 2.90. The van der Waals surface area contributed by atoms with E-state index in [2.05, 4.69) is 5.32 Å². The van der Waals surface area contributed by atoms with Crippen LogP contribution in [0.15, 0.2) is 48.5 Å². The molecule has 3 N–H and O–H groups in total. The molecule has 4 rings (SSSR count). The number of carbonyl (C=O) groups excluding carboxylic acids is 2. The normalized spacial score (nSPS) is 22.1. The van der Waals surface area contributed by atoms with Crippen LogP contribution in [0.2, 0.25) is 5.02 Å². The molecule has 2 amide bonds. The molecule has 0 aliphatic carbocycles. The molecule has 2 aromatic rings. The first-order valence-corrected chi connectivity index (χ1v) is 9.23. The van der Waals surface area contributed by atoms with Gasteiger partial charge in [-0.2, -0.15) is 0 Å². The van der Waals surface area contributed by atoms with Crippen molar-refractivity contribution in [2.75, 3.05) is 18.4 Å². The summed E-state index contributed by atoms with van der Waals surface area (Å²) in [6.45, 7) is 0.746. The van der Waals surface area contributed by atoms with Crippen molar-refractivity contribution >= 4 is 29.3 Å². The van der Waals surface area contributed by atoms with Crippen molar-refractivity contribution in [1.82, 2.24) is 4.90 Å². The molecule has 0 aromatic heterocycles. The molecular weight excluding hydrogens is 366 g/mol. The minimum Gasteiger partial charge on any atom is -0.436 e. The number of anilines is 1. The number of hydrogen-bond acceptors (Lipinski definition) is 4. The zero-order chi connectivity index (χ0) is 19.0. The Kier molecular flexibility index (Phi) is 4.53. The number of nitrogens with zero attached hydrogens (tertiary/aromatic N) is 1. The fraction of sp³-hybridized carbons (Fsp3) is 0.300. The molecular formula is C20H20ClN3O3. The summed E-state index contributed by atoms with van der Waals surface area (Å²) in [6, 6.07) is 14.3. The number of benzene rings is 2. The van der Waals surface area contributed by atoms with E-state index in [4.69, 9.17) is 22.1 Å². The van der Waals surface area contributed by atoms with Gasteiger partial charge >= 0.3 is 6.09 Å². The number of fused-ring (bicyclic) bond motifs is 2. The number of halogens is 1. The predicted molar refractivity (Wildman–Crippen MR) is 103 cm³/mol. The van der Waals surface area contributed by atoms with Crippen molar-refractivity contribution in [1.29, 1.82) is 0 Å². The number of likely N-dealkylation sites (tertiary alicyclic amines) is 1. The van der Waals surface area contributed by atoms with Crippen molar-refractivity contribution in [2.45, 2.75) is 24.5 Å². The van der Waals surface area contributed by atoms with E-state index in [1.807, 2.05) is 30.3 Å². The van der Waals surface area contributed by atoms with E-state index in [1.165, 1.54) is 0 Å². The molecule has 2 aliphatic rings. The molecule has 140 valence electrons. The van der Waals surface area contributed by atoms with Crippen molar-refractivity contribution in [3.63, 3.8) is 0 Å². The Bertz CT molecular complexity index is 889. The summed E-state index contributed by atoms with van der Waals surface area (Å²) in [5.41, 5.74) is 7.75. The Hall–Kier alpha value is -2.57. The van der Waals surface area contributed by atoms with Gasteiger partial charge < -0.3 is 15.4 Å². The maximum atomic E-state index is 12.9. The highest BCUT2D eigenvalue weighted by atomic mass is 35.5. The molecule has 1 fully saturated rings. The third-order valence-corrected chi connectivity index (χ3v) is 5.39. The fourth-order valence-corrected chi connectivity index (χ4v) is 4.01. The van der Waals surface area contributed by atoms with Gasteiger partial charge in [-0.3, -0.25) is 10.1 Å². The van der Waals surface area contributed by atoms with Crippen molar-refractivity contribution < 1.29 is 14.3 Å². The van der Waals surface area contributed by atoms with Gasteiger partial charge in [0.1, 0.15) is 0 Å². The molecule has 2 aromatic carbocycles. The van der Waals surface area contributed by atoms with E-state index in [9.17, 15) is 9.59 Å². The number of carbonyl (C=O) groups is 2. The second kappa shape index (κ2) is 6.87. The first-order chi connectivity index (χ1) is 13.0. The van der Waals surface area contributed by atoms with Crippen LogP contribution in [-0.2, 0) is 21.6 Å². The molecule has 1 spiro atoms. The number of ether oxygens (including phenoxy) is 1. The van der Waals surface area contributed by atoms with Crippen LogP contribution in [0.4, 0.5) is 10.5 Å². The molecule has 1 saturated heterocycles. The molecule has 0 saturated carbocycles. The van der Waals surface area contributed by atoms with Crippen LogP contribution >= 0.6 is 11.6 Å². The largest absolute Gasteiger partial charge is 0.436 e. The Morgan fingerprint density at radius 3 is 2.85 bits per heavy atom. The zero-order valence-corrected chi connectivity index (χ0v) is 15.4. The van der Waals surface area contributed by atoms with Gasteiger partial charge in [-0.25, -0.2) is 4.79 Å². The lowest BCUT2D eigenvalue weighted by molar-refractivity contribution is -0.132. The number of hydrogen-bond donors (Lipinski definition) is 2. The second-order valence-corrected chi connectivity index (χ2v) is 7.44. The number of nitrogens with two attached hydrogens (primary N) is 1. The lowest BCUT2D eigenvalue weighted by Crippen LogP contribution is -2.47. The summed E-state index contributed by atoms with van der Waals surface area (Å²) in [5, 5.41) is 3.24. The molecule has 2 heterocycles. The number of amides is 2. The van der Waals surface area contributed by atoms with Crippen LogP contribution in [-0.4, -0.2) is 36.0 Å². The van der Waals surface area contributed by atoms with Gasteiger partial charge in [-0.05, 0) is 30.2 Å². The summed E-state index contributed by atoms with van der Waals surface area (Å²) in [7, 11) is 0. The van der Waals surface area contributed by atoms with Crippen LogP contribution in [0.3, 0.4) is 0 Å². The van der Waals surface area contributed by atoms with Crippen molar-refractivity contribution in [2.24, 2.45) is 5.73 Å². The lowest BCUT2D eigenvalue weighted by atomic mass is 9.90. The third kappa shape index (κ3) is 3.38. The highest BCUT2D eigenvalue weighted by Crippen LogP contribution is 2.43. The van der Waals surface area contributed by atoms with Crippen LogP contribution in [0.5, 0.6) is 0 Å². The van der Waals surface area contributed by atoms with Gasteiger partial charge in [-0.15, -0.1) is 0 Å². The smallest absolute Gasteiger partial charge is 0.412 e. The highest BCUT2D eigenvalue weighted by molar-refractivity contribution is 6.30. The number of rotatable bonds is 3. The first-order valence-electron chi connectivity index (χ1n) is 8.85. The van der Waals surface area contributed by atoms with E-state index in [0.29, 0.717) is 30.1 Å². The van der Waals surface area contributed by atoms with Crippen molar-refractivity contribution in [3.05, 3.63) is 64.7 Å². The molecule has 0 radical (unpaired) electrons. The maximum absolute atomic E-state index is 12.9. The third-order valence-electron chi connectivity index (χ3n) is 5.16. The number of nitrogens with one attached hydrogen (secondary N) is 1. The van der Waals surface area contributed by atoms with Crippen LogP contribution in [0.25, 0.3) is 0 Å². The summed E-state index contributed by atoms with van der Waals surface area (Å²) in [6.07, 6.45) is 0.456. The molecule has 2 atom stereocenters. The minimum absolute atomic E-state index is 0.145. The average molecular weight is 386 g/mol. The highest BCUT2D eigenvalue weighted by Gasteiger charge is 2.49. The zero-order valence-electron chi connectivity index (χ0n) is 14.7. The first kappa shape index (κ1) is 17.8. The standard InChI is InChI=1S/C20H20ClN3O3/c21-14-6-7-17-15(11-14)20(27-19(26)23-17)8-9-24(12-20)18(25)16(22)10-13-4-2-1-3-5-13/h1-7,11,16H,8-10,12,22H2,(H,23,26)/t16-,20?/m0/s1.